The Morgan fingerprint density at radius 2 is 1.42 bits per heavy atom. The lowest BCUT2D eigenvalue weighted by Gasteiger charge is -2.14. The molecule has 3 amide bonds. The first-order chi connectivity index (χ1) is 15.1. The Balaban J connectivity index is 1.32. The molecule has 5 rings (SSSR count). The van der Waals surface area contributed by atoms with Crippen molar-refractivity contribution in [3.05, 3.63) is 101 Å². The lowest BCUT2D eigenvalue weighted by Crippen LogP contribution is -2.29. The van der Waals surface area contributed by atoms with Crippen LogP contribution >= 0.6 is 11.3 Å². The van der Waals surface area contributed by atoms with E-state index in [-0.39, 0.29) is 17.7 Å². The highest BCUT2D eigenvalue weighted by Gasteiger charge is 2.36. The van der Waals surface area contributed by atoms with Crippen molar-refractivity contribution in [2.45, 2.75) is 0 Å². The van der Waals surface area contributed by atoms with E-state index < -0.39 is 0 Å². The molecular formula is C24H15N3O3S. The number of nitrogens with zero attached hydrogens (tertiary/aromatic N) is 2. The Kier molecular flexibility index (Phi) is 4.65. The molecule has 0 spiro atoms. The maximum Gasteiger partial charge on any atom is 0.266 e. The van der Waals surface area contributed by atoms with Crippen LogP contribution in [0.2, 0.25) is 0 Å². The smallest absolute Gasteiger partial charge is 0.266 e. The summed E-state index contributed by atoms with van der Waals surface area (Å²) < 4.78 is 0. The molecule has 0 saturated heterocycles. The molecule has 0 bridgehead atoms. The average Bonchev–Trinajstić information content (AvgIpc) is 3.37. The maximum absolute atomic E-state index is 12.6. The van der Waals surface area contributed by atoms with Gasteiger partial charge in [-0.1, -0.05) is 42.5 Å². The van der Waals surface area contributed by atoms with E-state index in [0.717, 1.165) is 16.2 Å². The molecule has 0 aliphatic carbocycles. The monoisotopic (exact) mass is 425 g/mol. The van der Waals surface area contributed by atoms with Gasteiger partial charge in [0.15, 0.2) is 5.13 Å². The van der Waals surface area contributed by atoms with E-state index in [2.05, 4.69) is 10.3 Å². The first-order valence-electron chi connectivity index (χ1n) is 9.52. The molecule has 7 heteroatoms. The zero-order valence-electron chi connectivity index (χ0n) is 16.1. The minimum atomic E-state index is -0.367. The molecule has 6 nitrogen and oxygen atoms in total. The quantitative estimate of drug-likeness (QED) is 0.474. The van der Waals surface area contributed by atoms with E-state index in [9.17, 15) is 14.4 Å². The van der Waals surface area contributed by atoms with Crippen molar-refractivity contribution in [3.63, 3.8) is 0 Å². The predicted octanol–water partition coefficient (Wildman–Crippen LogP) is 4.86. The summed E-state index contributed by atoms with van der Waals surface area (Å²) in [4.78, 5) is 43.4. The summed E-state index contributed by atoms with van der Waals surface area (Å²) >= 11 is 1.34. The molecule has 1 aliphatic rings. The number of carbonyl (C=O) groups is 3. The molecule has 150 valence electrons. The summed E-state index contributed by atoms with van der Waals surface area (Å²) in [5, 5.41) is 5.17. The molecule has 3 aromatic carbocycles. The van der Waals surface area contributed by atoms with Crippen LogP contribution in [0.5, 0.6) is 0 Å². The van der Waals surface area contributed by atoms with Crippen LogP contribution < -0.4 is 10.2 Å². The first kappa shape index (κ1) is 18.9. The van der Waals surface area contributed by atoms with Crippen molar-refractivity contribution in [2.75, 3.05) is 10.2 Å². The number of aromatic nitrogens is 1. The van der Waals surface area contributed by atoms with Crippen molar-refractivity contribution in [3.8, 4) is 11.3 Å². The van der Waals surface area contributed by atoms with Crippen molar-refractivity contribution in [1.29, 1.82) is 0 Å². The summed E-state index contributed by atoms with van der Waals surface area (Å²) in [6.45, 7) is 0. The largest absolute Gasteiger partial charge is 0.298 e. The average molecular weight is 425 g/mol. The summed E-state index contributed by atoms with van der Waals surface area (Å²) in [5.74, 6) is -1.05. The Morgan fingerprint density at radius 3 is 2.06 bits per heavy atom. The van der Waals surface area contributed by atoms with Gasteiger partial charge in [0, 0.05) is 16.5 Å². The van der Waals surface area contributed by atoms with E-state index >= 15 is 0 Å². The van der Waals surface area contributed by atoms with Crippen molar-refractivity contribution in [1.82, 2.24) is 4.98 Å². The van der Waals surface area contributed by atoms with Gasteiger partial charge in [0.05, 0.1) is 22.5 Å². The third-order valence-electron chi connectivity index (χ3n) is 4.98. The van der Waals surface area contributed by atoms with Crippen molar-refractivity contribution < 1.29 is 14.4 Å². The highest BCUT2D eigenvalue weighted by molar-refractivity contribution is 7.14. The molecule has 0 atom stereocenters. The second-order valence-electron chi connectivity index (χ2n) is 6.90. The van der Waals surface area contributed by atoms with E-state index in [1.807, 2.05) is 35.7 Å². The molecule has 0 fully saturated rings. The Bertz CT molecular complexity index is 1280. The zero-order valence-corrected chi connectivity index (χ0v) is 16.9. The SMILES string of the molecule is O=C(Nc1nc(-c2ccccc2)cs1)c1ccc(N2C(=O)c3ccccc3C2=O)cc1. The van der Waals surface area contributed by atoms with Crippen LogP contribution in [-0.2, 0) is 0 Å². The fraction of sp³-hybridized carbons (Fsp3) is 0. The number of hydrogen-bond acceptors (Lipinski definition) is 5. The summed E-state index contributed by atoms with van der Waals surface area (Å²) in [7, 11) is 0. The van der Waals surface area contributed by atoms with Crippen LogP contribution in [0.4, 0.5) is 10.8 Å². The second kappa shape index (κ2) is 7.62. The lowest BCUT2D eigenvalue weighted by molar-refractivity contribution is 0.0925. The number of benzene rings is 3. The van der Waals surface area contributed by atoms with Crippen LogP contribution in [0.3, 0.4) is 0 Å². The van der Waals surface area contributed by atoms with Crippen LogP contribution in [0.1, 0.15) is 31.1 Å². The van der Waals surface area contributed by atoms with Gasteiger partial charge in [0.1, 0.15) is 0 Å². The molecule has 0 unspecified atom stereocenters. The van der Waals surface area contributed by atoms with Gasteiger partial charge in [0.25, 0.3) is 17.7 Å². The van der Waals surface area contributed by atoms with Gasteiger partial charge < -0.3 is 0 Å². The maximum atomic E-state index is 12.6. The Labute approximate surface area is 181 Å². The molecular weight excluding hydrogens is 410 g/mol. The van der Waals surface area contributed by atoms with Gasteiger partial charge >= 0.3 is 0 Å². The number of carbonyl (C=O) groups excluding carboxylic acids is 3. The third kappa shape index (κ3) is 3.41. The fourth-order valence-electron chi connectivity index (χ4n) is 3.43. The molecule has 1 N–H and O–H groups in total. The minimum Gasteiger partial charge on any atom is -0.298 e. The number of thiazole rings is 1. The molecule has 4 aromatic rings. The van der Waals surface area contributed by atoms with Gasteiger partial charge in [0.2, 0.25) is 0 Å². The standard InChI is InChI=1S/C24H15N3O3S/c28-21(26-24-25-20(14-31-24)15-6-2-1-3-7-15)16-10-12-17(13-11-16)27-22(29)18-8-4-5-9-19(18)23(27)30/h1-14H,(H,25,26,28). The summed E-state index contributed by atoms with van der Waals surface area (Å²) in [5.41, 5.74) is 3.35. The normalized spacial score (nSPS) is 12.7. The number of amides is 3. The summed E-state index contributed by atoms with van der Waals surface area (Å²) in [6.07, 6.45) is 0. The van der Waals surface area contributed by atoms with E-state index in [1.165, 1.54) is 11.3 Å². The van der Waals surface area contributed by atoms with Gasteiger partial charge in [-0.3, -0.25) is 19.7 Å². The topological polar surface area (TPSA) is 79.4 Å². The van der Waals surface area contributed by atoms with Gasteiger partial charge in [-0.15, -0.1) is 11.3 Å². The summed E-state index contributed by atoms with van der Waals surface area (Å²) in [6, 6.07) is 22.8. The first-order valence-corrected chi connectivity index (χ1v) is 10.4. The molecule has 0 saturated carbocycles. The molecule has 2 heterocycles. The molecule has 0 radical (unpaired) electrons. The number of imide groups is 1. The second-order valence-corrected chi connectivity index (χ2v) is 7.75. The highest BCUT2D eigenvalue weighted by Crippen LogP contribution is 2.29. The van der Waals surface area contributed by atoms with Gasteiger partial charge in [-0.2, -0.15) is 0 Å². The third-order valence-corrected chi connectivity index (χ3v) is 5.73. The highest BCUT2D eigenvalue weighted by atomic mass is 32.1. The van der Waals surface area contributed by atoms with Crippen LogP contribution in [0.15, 0.2) is 84.2 Å². The number of nitrogens with one attached hydrogen (secondary N) is 1. The molecule has 1 aliphatic heterocycles. The lowest BCUT2D eigenvalue weighted by atomic mass is 10.1. The zero-order chi connectivity index (χ0) is 21.4. The predicted molar refractivity (Wildman–Crippen MR) is 120 cm³/mol. The van der Waals surface area contributed by atoms with Crippen LogP contribution in [-0.4, -0.2) is 22.7 Å². The minimum absolute atomic E-state index is 0.317. The van der Waals surface area contributed by atoms with E-state index in [0.29, 0.717) is 27.5 Å². The van der Waals surface area contributed by atoms with E-state index in [1.54, 1.807) is 48.5 Å². The van der Waals surface area contributed by atoms with Gasteiger partial charge in [-0.25, -0.2) is 9.88 Å². The van der Waals surface area contributed by atoms with Crippen LogP contribution in [0.25, 0.3) is 11.3 Å². The van der Waals surface area contributed by atoms with Crippen molar-refractivity contribution >= 4 is 39.9 Å². The molecule has 31 heavy (non-hydrogen) atoms. The number of rotatable bonds is 4. The number of anilines is 2. The number of fused-ring (bicyclic) bond motifs is 1. The Morgan fingerprint density at radius 1 is 0.806 bits per heavy atom. The van der Waals surface area contributed by atoms with Gasteiger partial charge in [-0.05, 0) is 36.4 Å². The molecule has 1 aromatic heterocycles. The van der Waals surface area contributed by atoms with Crippen molar-refractivity contribution in [2.24, 2.45) is 0 Å². The fourth-order valence-corrected chi connectivity index (χ4v) is 4.14. The number of hydrogen-bond donors (Lipinski definition) is 1. The Hall–Kier alpha value is -4.10. The van der Waals surface area contributed by atoms with E-state index in [4.69, 9.17) is 0 Å². The van der Waals surface area contributed by atoms with Crippen LogP contribution in [0, 0.1) is 0 Å².